The van der Waals surface area contributed by atoms with Gasteiger partial charge in [0.05, 0.1) is 5.56 Å². The monoisotopic (exact) mass is 247 g/mol. The van der Waals surface area contributed by atoms with Crippen molar-refractivity contribution in [1.29, 1.82) is 0 Å². The maximum absolute atomic E-state index is 12.7. The van der Waals surface area contributed by atoms with Crippen LogP contribution in [0, 0.1) is 5.41 Å². The fourth-order valence-corrected chi connectivity index (χ4v) is 2.82. The van der Waals surface area contributed by atoms with E-state index in [2.05, 4.69) is 4.98 Å². The minimum absolute atomic E-state index is 0.0810. The first kappa shape index (κ1) is 13.0. The summed E-state index contributed by atoms with van der Waals surface area (Å²) in [6, 6.07) is 3.51. The lowest BCUT2D eigenvalue weighted by Crippen LogP contribution is -2.38. The van der Waals surface area contributed by atoms with Crippen LogP contribution in [0.2, 0.25) is 0 Å². The van der Waals surface area contributed by atoms with Gasteiger partial charge in [0.25, 0.3) is 0 Å². The van der Waals surface area contributed by atoms with Crippen LogP contribution < -0.4 is 11.5 Å². The summed E-state index contributed by atoms with van der Waals surface area (Å²) >= 11 is 0. The lowest BCUT2D eigenvalue weighted by molar-refractivity contribution is 0.0775. The van der Waals surface area contributed by atoms with E-state index in [9.17, 15) is 4.79 Å². The molecule has 1 aromatic heterocycles. The van der Waals surface area contributed by atoms with Gasteiger partial charge in [-0.3, -0.25) is 4.79 Å². The van der Waals surface area contributed by atoms with Crippen molar-refractivity contribution in [2.24, 2.45) is 11.1 Å². The van der Waals surface area contributed by atoms with Crippen molar-refractivity contribution in [3.05, 3.63) is 23.9 Å². The maximum atomic E-state index is 12.7. The third-order valence-electron chi connectivity index (χ3n) is 4.02. The van der Waals surface area contributed by atoms with Crippen LogP contribution in [0.3, 0.4) is 0 Å². The molecule has 0 radical (unpaired) electrons. The Labute approximate surface area is 108 Å². The van der Waals surface area contributed by atoms with Gasteiger partial charge < -0.3 is 11.5 Å². The average Bonchev–Trinajstić information content (AvgIpc) is 2.65. The van der Waals surface area contributed by atoms with Crippen molar-refractivity contribution >= 4 is 11.6 Å². The highest BCUT2D eigenvalue weighted by atomic mass is 16.1. The standard InChI is InChI=1S/C14H21N3O/c15-10-14(7-3-1-2-4-8-14)12(18)11-6-5-9-17-13(11)16/h5-6,9H,1-4,7-8,10,15H2,(H2,16,17). The minimum Gasteiger partial charge on any atom is -0.383 e. The number of carbonyl (C=O) groups is 1. The molecule has 0 amide bonds. The van der Waals surface area contributed by atoms with Crippen LogP contribution in [0.4, 0.5) is 5.82 Å². The molecular formula is C14H21N3O. The van der Waals surface area contributed by atoms with Crippen molar-refractivity contribution in [1.82, 2.24) is 4.98 Å². The first-order chi connectivity index (χ1) is 8.69. The van der Waals surface area contributed by atoms with Gasteiger partial charge in [0.1, 0.15) is 5.82 Å². The Morgan fingerprint density at radius 2 is 1.94 bits per heavy atom. The number of pyridine rings is 1. The largest absolute Gasteiger partial charge is 0.383 e. The van der Waals surface area contributed by atoms with Crippen LogP contribution in [0.1, 0.15) is 48.9 Å². The number of aromatic nitrogens is 1. The second kappa shape index (κ2) is 5.48. The summed E-state index contributed by atoms with van der Waals surface area (Å²) in [7, 11) is 0. The van der Waals surface area contributed by atoms with Crippen molar-refractivity contribution in [2.75, 3.05) is 12.3 Å². The fourth-order valence-electron chi connectivity index (χ4n) is 2.82. The maximum Gasteiger partial charge on any atom is 0.173 e. The van der Waals surface area contributed by atoms with Crippen LogP contribution in [0.15, 0.2) is 18.3 Å². The molecule has 98 valence electrons. The van der Waals surface area contributed by atoms with Crippen LogP contribution in [-0.4, -0.2) is 17.3 Å². The number of nitrogens with zero attached hydrogens (tertiary/aromatic N) is 1. The van der Waals surface area contributed by atoms with Gasteiger partial charge in [-0.1, -0.05) is 25.7 Å². The Morgan fingerprint density at radius 3 is 2.50 bits per heavy atom. The van der Waals surface area contributed by atoms with E-state index in [-0.39, 0.29) is 5.78 Å². The molecule has 4 nitrogen and oxygen atoms in total. The average molecular weight is 247 g/mol. The normalized spacial score (nSPS) is 19.2. The molecule has 0 aliphatic heterocycles. The first-order valence-electron chi connectivity index (χ1n) is 6.65. The number of rotatable bonds is 3. The topological polar surface area (TPSA) is 82.0 Å². The molecule has 0 bridgehead atoms. The zero-order valence-electron chi connectivity index (χ0n) is 10.7. The van der Waals surface area contributed by atoms with Crippen LogP contribution in [0.5, 0.6) is 0 Å². The molecule has 1 fully saturated rings. The second-order valence-electron chi connectivity index (χ2n) is 5.16. The van der Waals surface area contributed by atoms with E-state index in [1.54, 1.807) is 18.3 Å². The van der Waals surface area contributed by atoms with E-state index >= 15 is 0 Å². The van der Waals surface area contributed by atoms with Gasteiger partial charge in [0, 0.05) is 18.2 Å². The Hall–Kier alpha value is -1.42. The van der Waals surface area contributed by atoms with Crippen LogP contribution in [-0.2, 0) is 0 Å². The zero-order valence-corrected chi connectivity index (χ0v) is 10.7. The highest BCUT2D eigenvalue weighted by Gasteiger charge is 2.38. The highest BCUT2D eigenvalue weighted by Crippen LogP contribution is 2.37. The molecule has 0 spiro atoms. The number of nitrogen functional groups attached to an aromatic ring is 1. The number of carbonyl (C=O) groups excluding carboxylic acids is 1. The molecule has 1 heterocycles. The predicted molar refractivity (Wildman–Crippen MR) is 72.2 cm³/mol. The minimum atomic E-state index is -0.423. The molecule has 1 aliphatic rings. The van der Waals surface area contributed by atoms with E-state index in [1.807, 2.05) is 0 Å². The molecule has 4 heteroatoms. The summed E-state index contributed by atoms with van der Waals surface area (Å²) in [6.07, 6.45) is 7.88. The Morgan fingerprint density at radius 1 is 1.28 bits per heavy atom. The highest BCUT2D eigenvalue weighted by molar-refractivity contribution is 6.04. The molecule has 0 saturated heterocycles. The lowest BCUT2D eigenvalue weighted by Gasteiger charge is -2.30. The van der Waals surface area contributed by atoms with Gasteiger partial charge in [-0.05, 0) is 25.0 Å². The van der Waals surface area contributed by atoms with Gasteiger partial charge in [-0.15, -0.1) is 0 Å². The molecule has 2 rings (SSSR count). The number of anilines is 1. The summed E-state index contributed by atoms with van der Waals surface area (Å²) in [5, 5.41) is 0. The predicted octanol–water partition coefficient (Wildman–Crippen LogP) is 2.15. The Kier molecular flexibility index (Phi) is 3.97. The Balaban J connectivity index is 2.32. The number of ketones is 1. The summed E-state index contributed by atoms with van der Waals surface area (Å²) in [4.78, 5) is 16.7. The molecule has 18 heavy (non-hydrogen) atoms. The second-order valence-corrected chi connectivity index (χ2v) is 5.16. The van der Waals surface area contributed by atoms with Crippen LogP contribution >= 0.6 is 0 Å². The van der Waals surface area contributed by atoms with Crippen LogP contribution in [0.25, 0.3) is 0 Å². The number of Topliss-reactive ketones (excluding diaryl/α,β-unsaturated/α-hetero) is 1. The molecular weight excluding hydrogens is 226 g/mol. The fraction of sp³-hybridized carbons (Fsp3) is 0.571. The quantitative estimate of drug-likeness (QED) is 0.633. The van der Waals surface area contributed by atoms with Crippen molar-refractivity contribution in [3.63, 3.8) is 0 Å². The van der Waals surface area contributed by atoms with E-state index in [0.29, 0.717) is 17.9 Å². The van der Waals surface area contributed by atoms with Gasteiger partial charge in [-0.25, -0.2) is 4.98 Å². The molecule has 0 atom stereocenters. The SMILES string of the molecule is NCC1(C(=O)c2cccnc2N)CCCCCC1. The molecule has 1 aliphatic carbocycles. The first-order valence-corrected chi connectivity index (χ1v) is 6.65. The lowest BCUT2D eigenvalue weighted by atomic mass is 9.74. The van der Waals surface area contributed by atoms with E-state index in [1.165, 1.54) is 12.8 Å². The number of nitrogens with two attached hydrogens (primary N) is 2. The van der Waals surface area contributed by atoms with Crippen molar-refractivity contribution < 1.29 is 4.79 Å². The van der Waals surface area contributed by atoms with E-state index < -0.39 is 5.41 Å². The number of hydrogen-bond acceptors (Lipinski definition) is 4. The molecule has 1 saturated carbocycles. The smallest absolute Gasteiger partial charge is 0.173 e. The zero-order chi connectivity index (χ0) is 13.0. The summed E-state index contributed by atoms with van der Waals surface area (Å²) in [6.45, 7) is 0.403. The summed E-state index contributed by atoms with van der Waals surface area (Å²) in [5.74, 6) is 0.400. The van der Waals surface area contributed by atoms with E-state index in [4.69, 9.17) is 11.5 Å². The van der Waals surface area contributed by atoms with Gasteiger partial charge in [-0.2, -0.15) is 0 Å². The van der Waals surface area contributed by atoms with Gasteiger partial charge >= 0.3 is 0 Å². The summed E-state index contributed by atoms with van der Waals surface area (Å²) < 4.78 is 0. The van der Waals surface area contributed by atoms with Gasteiger partial charge in [0.2, 0.25) is 0 Å². The van der Waals surface area contributed by atoms with Crippen molar-refractivity contribution in [2.45, 2.75) is 38.5 Å². The third-order valence-corrected chi connectivity index (χ3v) is 4.02. The molecule has 4 N–H and O–H groups in total. The summed E-state index contributed by atoms with van der Waals surface area (Å²) in [5.41, 5.74) is 11.8. The van der Waals surface area contributed by atoms with E-state index in [0.717, 1.165) is 25.7 Å². The number of hydrogen-bond donors (Lipinski definition) is 2. The molecule has 0 unspecified atom stereocenters. The van der Waals surface area contributed by atoms with Crippen molar-refractivity contribution in [3.8, 4) is 0 Å². The van der Waals surface area contributed by atoms with Gasteiger partial charge in [0.15, 0.2) is 5.78 Å². The molecule has 1 aromatic rings. The molecule has 0 aromatic carbocycles. The Bertz CT molecular complexity index is 423. The third kappa shape index (κ3) is 2.38.